The third-order valence-corrected chi connectivity index (χ3v) is 3.95. The van der Waals surface area contributed by atoms with Gasteiger partial charge in [-0.05, 0) is 37.6 Å². The molecule has 1 atom stereocenters. The molecule has 1 fully saturated rings. The zero-order valence-electron chi connectivity index (χ0n) is 11.9. The lowest BCUT2D eigenvalue weighted by Gasteiger charge is -2.12. The van der Waals surface area contributed by atoms with Crippen molar-refractivity contribution in [1.82, 2.24) is 10.3 Å². The molecule has 4 nitrogen and oxygen atoms in total. The molecule has 110 valence electrons. The number of amides is 1. The Hall–Kier alpha value is -1.65. The second-order valence-corrected chi connectivity index (χ2v) is 5.85. The Morgan fingerprint density at radius 3 is 3.10 bits per heavy atom. The Morgan fingerprint density at radius 2 is 2.33 bits per heavy atom. The first-order chi connectivity index (χ1) is 10.1. The van der Waals surface area contributed by atoms with Gasteiger partial charge in [0.1, 0.15) is 0 Å². The first-order valence-corrected chi connectivity index (χ1v) is 7.44. The SMILES string of the molecule is Cc1cc(C(=O)NC[C@H]2CCOC2)c2cc(Cl)ccc2n1. The van der Waals surface area contributed by atoms with E-state index in [-0.39, 0.29) is 5.91 Å². The molecule has 21 heavy (non-hydrogen) atoms. The van der Waals surface area contributed by atoms with E-state index in [9.17, 15) is 4.79 Å². The van der Waals surface area contributed by atoms with E-state index in [0.29, 0.717) is 23.0 Å². The van der Waals surface area contributed by atoms with Crippen molar-refractivity contribution in [3.63, 3.8) is 0 Å². The Labute approximate surface area is 128 Å². The minimum atomic E-state index is -0.0836. The van der Waals surface area contributed by atoms with Crippen LogP contribution < -0.4 is 5.32 Å². The number of benzene rings is 1. The Bertz CT molecular complexity index is 681. The van der Waals surface area contributed by atoms with Crippen LogP contribution >= 0.6 is 11.6 Å². The van der Waals surface area contributed by atoms with Crippen molar-refractivity contribution >= 4 is 28.4 Å². The number of aryl methyl sites for hydroxylation is 1. The minimum Gasteiger partial charge on any atom is -0.381 e. The van der Waals surface area contributed by atoms with E-state index in [1.807, 2.05) is 13.0 Å². The van der Waals surface area contributed by atoms with Crippen LogP contribution in [0, 0.1) is 12.8 Å². The van der Waals surface area contributed by atoms with Gasteiger partial charge in [0.25, 0.3) is 5.91 Å². The molecule has 1 aromatic carbocycles. The molecule has 1 aromatic heterocycles. The number of fused-ring (bicyclic) bond motifs is 1. The summed E-state index contributed by atoms with van der Waals surface area (Å²) in [5.74, 6) is 0.325. The van der Waals surface area contributed by atoms with Crippen LogP contribution in [0.25, 0.3) is 10.9 Å². The molecule has 1 amide bonds. The summed E-state index contributed by atoms with van der Waals surface area (Å²) in [7, 11) is 0. The third-order valence-electron chi connectivity index (χ3n) is 3.72. The predicted molar refractivity (Wildman–Crippen MR) is 82.7 cm³/mol. The lowest BCUT2D eigenvalue weighted by Crippen LogP contribution is -2.29. The molecule has 0 bridgehead atoms. The van der Waals surface area contributed by atoms with Crippen LogP contribution in [0.2, 0.25) is 5.02 Å². The summed E-state index contributed by atoms with van der Waals surface area (Å²) in [5, 5.41) is 4.38. The molecule has 5 heteroatoms. The molecule has 1 N–H and O–H groups in total. The van der Waals surface area contributed by atoms with Gasteiger partial charge in [-0.1, -0.05) is 11.6 Å². The van der Waals surface area contributed by atoms with Gasteiger partial charge in [-0.25, -0.2) is 0 Å². The van der Waals surface area contributed by atoms with Gasteiger partial charge in [0.15, 0.2) is 0 Å². The van der Waals surface area contributed by atoms with Gasteiger partial charge in [0.2, 0.25) is 0 Å². The number of nitrogens with one attached hydrogen (secondary N) is 1. The fourth-order valence-corrected chi connectivity index (χ4v) is 2.77. The summed E-state index contributed by atoms with van der Waals surface area (Å²) >= 11 is 6.04. The van der Waals surface area contributed by atoms with Crippen LogP contribution in [0.4, 0.5) is 0 Å². The van der Waals surface area contributed by atoms with Gasteiger partial charge in [-0.2, -0.15) is 0 Å². The highest BCUT2D eigenvalue weighted by atomic mass is 35.5. The molecule has 0 saturated carbocycles. The quantitative estimate of drug-likeness (QED) is 0.948. The van der Waals surface area contributed by atoms with Crippen LogP contribution in [-0.2, 0) is 4.74 Å². The number of halogens is 1. The Balaban J connectivity index is 1.87. The molecule has 3 rings (SSSR count). The average molecular weight is 305 g/mol. The summed E-state index contributed by atoms with van der Waals surface area (Å²) in [6.45, 7) is 4.04. The lowest BCUT2D eigenvalue weighted by molar-refractivity contribution is 0.0946. The fourth-order valence-electron chi connectivity index (χ4n) is 2.59. The number of carbonyl (C=O) groups is 1. The van der Waals surface area contributed by atoms with E-state index < -0.39 is 0 Å². The normalized spacial score (nSPS) is 18.1. The van der Waals surface area contributed by atoms with E-state index in [1.54, 1.807) is 18.2 Å². The summed E-state index contributed by atoms with van der Waals surface area (Å²) < 4.78 is 5.32. The highest BCUT2D eigenvalue weighted by molar-refractivity contribution is 6.31. The van der Waals surface area contributed by atoms with Crippen molar-refractivity contribution in [3.05, 3.63) is 40.5 Å². The van der Waals surface area contributed by atoms with Crippen LogP contribution in [-0.4, -0.2) is 30.6 Å². The first kappa shape index (κ1) is 14.3. The topological polar surface area (TPSA) is 51.2 Å². The maximum absolute atomic E-state index is 12.5. The molecule has 1 saturated heterocycles. The van der Waals surface area contributed by atoms with Gasteiger partial charge in [-0.3, -0.25) is 9.78 Å². The van der Waals surface area contributed by atoms with Crippen molar-refractivity contribution in [2.24, 2.45) is 5.92 Å². The highest BCUT2D eigenvalue weighted by Crippen LogP contribution is 2.22. The molecule has 0 radical (unpaired) electrons. The standard InChI is InChI=1S/C16H17ClN2O2/c1-10-6-14(13-7-12(17)2-3-15(13)19-10)16(20)18-8-11-4-5-21-9-11/h2-3,6-7,11H,4-5,8-9H2,1H3,(H,18,20)/t11-/m1/s1. The van der Waals surface area contributed by atoms with Gasteiger partial charge in [0.05, 0.1) is 17.7 Å². The second-order valence-electron chi connectivity index (χ2n) is 5.41. The molecule has 0 spiro atoms. The molecule has 0 aliphatic carbocycles. The van der Waals surface area contributed by atoms with Gasteiger partial charge >= 0.3 is 0 Å². The first-order valence-electron chi connectivity index (χ1n) is 7.06. The van der Waals surface area contributed by atoms with E-state index in [1.165, 1.54) is 0 Å². The van der Waals surface area contributed by atoms with E-state index >= 15 is 0 Å². The summed E-state index contributed by atoms with van der Waals surface area (Å²) in [6.07, 6.45) is 1.00. The molecule has 2 heterocycles. The number of hydrogen-bond donors (Lipinski definition) is 1. The number of hydrogen-bond acceptors (Lipinski definition) is 3. The Kier molecular flexibility index (Phi) is 4.08. The predicted octanol–water partition coefficient (Wildman–Crippen LogP) is 2.96. The molecular weight excluding hydrogens is 288 g/mol. The second kappa shape index (κ2) is 6.00. The van der Waals surface area contributed by atoms with Crippen molar-refractivity contribution in [2.75, 3.05) is 19.8 Å². The van der Waals surface area contributed by atoms with E-state index in [0.717, 1.165) is 36.2 Å². The summed E-state index contributed by atoms with van der Waals surface area (Å²) in [4.78, 5) is 16.9. The van der Waals surface area contributed by atoms with Crippen LogP contribution in [0.3, 0.4) is 0 Å². The zero-order chi connectivity index (χ0) is 14.8. The number of ether oxygens (including phenoxy) is 1. The van der Waals surface area contributed by atoms with Gasteiger partial charge < -0.3 is 10.1 Å². The largest absolute Gasteiger partial charge is 0.381 e. The molecule has 1 aliphatic heterocycles. The van der Waals surface area contributed by atoms with Crippen molar-refractivity contribution in [2.45, 2.75) is 13.3 Å². The minimum absolute atomic E-state index is 0.0836. The number of carbonyl (C=O) groups excluding carboxylic acids is 1. The maximum atomic E-state index is 12.5. The van der Waals surface area contributed by atoms with E-state index in [4.69, 9.17) is 16.3 Å². The van der Waals surface area contributed by atoms with E-state index in [2.05, 4.69) is 10.3 Å². The third kappa shape index (κ3) is 3.17. The van der Waals surface area contributed by atoms with Gasteiger partial charge in [0, 0.05) is 35.2 Å². The summed E-state index contributed by atoms with van der Waals surface area (Å²) in [5.41, 5.74) is 2.23. The Morgan fingerprint density at radius 1 is 1.48 bits per heavy atom. The van der Waals surface area contributed by atoms with Crippen LogP contribution in [0.1, 0.15) is 22.5 Å². The monoisotopic (exact) mass is 304 g/mol. The summed E-state index contributed by atoms with van der Waals surface area (Å²) in [6, 6.07) is 7.22. The number of pyridine rings is 1. The lowest BCUT2D eigenvalue weighted by atomic mass is 10.1. The number of aromatic nitrogens is 1. The number of rotatable bonds is 3. The maximum Gasteiger partial charge on any atom is 0.252 e. The highest BCUT2D eigenvalue weighted by Gasteiger charge is 2.18. The fraction of sp³-hybridized carbons (Fsp3) is 0.375. The smallest absolute Gasteiger partial charge is 0.252 e. The van der Waals surface area contributed by atoms with Crippen LogP contribution in [0.15, 0.2) is 24.3 Å². The number of nitrogens with zero attached hydrogens (tertiary/aromatic N) is 1. The molecule has 1 aliphatic rings. The van der Waals surface area contributed by atoms with Crippen molar-refractivity contribution < 1.29 is 9.53 Å². The molecular formula is C16H17ClN2O2. The zero-order valence-corrected chi connectivity index (χ0v) is 12.6. The van der Waals surface area contributed by atoms with Crippen molar-refractivity contribution in [1.29, 1.82) is 0 Å². The molecule has 0 unspecified atom stereocenters. The average Bonchev–Trinajstić information content (AvgIpc) is 2.97. The van der Waals surface area contributed by atoms with Crippen molar-refractivity contribution in [3.8, 4) is 0 Å². The van der Waals surface area contributed by atoms with Gasteiger partial charge in [-0.15, -0.1) is 0 Å². The molecule has 2 aromatic rings. The van der Waals surface area contributed by atoms with Crippen LogP contribution in [0.5, 0.6) is 0 Å².